The van der Waals surface area contributed by atoms with Gasteiger partial charge in [0.25, 0.3) is 0 Å². The number of benzene rings is 1. The van der Waals surface area contributed by atoms with Gasteiger partial charge in [0.2, 0.25) is 11.0 Å². The second kappa shape index (κ2) is 8.90. The number of primary amides is 1. The van der Waals surface area contributed by atoms with Crippen molar-refractivity contribution in [1.29, 1.82) is 5.26 Å². The van der Waals surface area contributed by atoms with Crippen molar-refractivity contribution in [3.8, 4) is 6.07 Å². The van der Waals surface area contributed by atoms with E-state index in [2.05, 4.69) is 10.2 Å². The molecule has 1 amide bonds. The van der Waals surface area contributed by atoms with E-state index in [1.165, 1.54) is 23.1 Å². The van der Waals surface area contributed by atoms with Gasteiger partial charge in [0, 0.05) is 28.3 Å². The fourth-order valence-electron chi connectivity index (χ4n) is 3.86. The number of nitriles is 1. The standard InChI is InChI=1S/C20H16ClFN6O2S2/c21-10-3-1-4-11(22)16(10)15-9(7-23)18(25)28(12-5-2-6-13(29)17(12)15)19-26-27-20(32-19)31-8-14(24)30/h1,3-4,15H,2,5-6,8,25H2,(H2,24,30). The molecule has 32 heavy (non-hydrogen) atoms. The van der Waals surface area contributed by atoms with Crippen LogP contribution in [0.5, 0.6) is 0 Å². The number of anilines is 1. The van der Waals surface area contributed by atoms with Crippen LogP contribution in [-0.4, -0.2) is 27.6 Å². The summed E-state index contributed by atoms with van der Waals surface area (Å²) in [6, 6.07) is 6.25. The third-order valence-electron chi connectivity index (χ3n) is 5.13. The molecule has 0 saturated heterocycles. The van der Waals surface area contributed by atoms with E-state index in [4.69, 9.17) is 23.1 Å². The number of carbonyl (C=O) groups is 2. The number of hydrogen-bond acceptors (Lipinski definition) is 9. The molecule has 12 heteroatoms. The lowest BCUT2D eigenvalue weighted by atomic mass is 9.75. The van der Waals surface area contributed by atoms with Crippen molar-refractivity contribution >= 4 is 51.5 Å². The summed E-state index contributed by atoms with van der Waals surface area (Å²) in [5.41, 5.74) is 12.5. The fourth-order valence-corrected chi connectivity index (χ4v) is 5.76. The van der Waals surface area contributed by atoms with E-state index in [0.717, 1.165) is 23.1 Å². The number of amides is 1. The van der Waals surface area contributed by atoms with Crippen molar-refractivity contribution < 1.29 is 14.0 Å². The molecule has 0 radical (unpaired) electrons. The second-order valence-electron chi connectivity index (χ2n) is 7.06. The van der Waals surface area contributed by atoms with Crippen molar-refractivity contribution in [2.24, 2.45) is 11.5 Å². The zero-order valence-electron chi connectivity index (χ0n) is 16.5. The van der Waals surface area contributed by atoms with Crippen LogP contribution in [0.3, 0.4) is 0 Å². The van der Waals surface area contributed by atoms with Crippen LogP contribution < -0.4 is 16.4 Å². The molecule has 1 aromatic heterocycles. The Morgan fingerprint density at radius 3 is 2.88 bits per heavy atom. The molecule has 8 nitrogen and oxygen atoms in total. The molecule has 2 aromatic rings. The lowest BCUT2D eigenvalue weighted by molar-refractivity contribution is -0.116. The zero-order chi connectivity index (χ0) is 23.0. The van der Waals surface area contributed by atoms with E-state index in [9.17, 15) is 19.2 Å². The zero-order valence-corrected chi connectivity index (χ0v) is 18.9. The lowest BCUT2D eigenvalue weighted by Gasteiger charge is -2.38. The van der Waals surface area contributed by atoms with Crippen LogP contribution in [0, 0.1) is 17.1 Å². The summed E-state index contributed by atoms with van der Waals surface area (Å²) >= 11 is 8.58. The normalized spacial score (nSPS) is 18.6. The molecule has 1 aliphatic carbocycles. The smallest absolute Gasteiger partial charge is 0.227 e. The summed E-state index contributed by atoms with van der Waals surface area (Å²) in [6.07, 6.45) is 1.32. The van der Waals surface area contributed by atoms with Crippen LogP contribution in [0.4, 0.5) is 9.52 Å². The van der Waals surface area contributed by atoms with Gasteiger partial charge in [0.05, 0.1) is 23.3 Å². The average Bonchev–Trinajstić information content (AvgIpc) is 3.20. The first kappa shape index (κ1) is 22.3. The van der Waals surface area contributed by atoms with Crippen LogP contribution in [0.2, 0.25) is 5.02 Å². The van der Waals surface area contributed by atoms with Gasteiger partial charge < -0.3 is 11.5 Å². The lowest BCUT2D eigenvalue weighted by Crippen LogP contribution is -2.39. The molecular weight excluding hydrogens is 475 g/mol. The Kier molecular flexibility index (Phi) is 6.19. The Hall–Kier alpha value is -2.94. The Balaban J connectivity index is 1.89. The number of aromatic nitrogens is 2. The van der Waals surface area contributed by atoms with Crippen molar-refractivity contribution in [1.82, 2.24) is 10.2 Å². The minimum absolute atomic E-state index is 0.00698. The second-order valence-corrected chi connectivity index (χ2v) is 9.64. The predicted octanol–water partition coefficient (Wildman–Crippen LogP) is 3.21. The maximum atomic E-state index is 14.9. The van der Waals surface area contributed by atoms with Gasteiger partial charge in [0.1, 0.15) is 11.6 Å². The van der Waals surface area contributed by atoms with Gasteiger partial charge in [-0.25, -0.2) is 4.39 Å². The highest BCUT2D eigenvalue weighted by Gasteiger charge is 2.42. The quantitative estimate of drug-likeness (QED) is 0.609. The summed E-state index contributed by atoms with van der Waals surface area (Å²) in [5, 5.41) is 18.6. The molecule has 1 aliphatic heterocycles. The molecule has 4 N–H and O–H groups in total. The van der Waals surface area contributed by atoms with Gasteiger partial charge in [-0.3, -0.25) is 14.5 Å². The summed E-state index contributed by atoms with van der Waals surface area (Å²) in [7, 11) is 0. The number of nitrogens with two attached hydrogens (primary N) is 2. The van der Waals surface area contributed by atoms with Crippen LogP contribution in [0.15, 0.2) is 45.2 Å². The van der Waals surface area contributed by atoms with Gasteiger partial charge in [-0.2, -0.15) is 5.26 Å². The number of carbonyl (C=O) groups excluding carboxylic acids is 2. The Labute approximate surface area is 195 Å². The topological polar surface area (TPSA) is 139 Å². The minimum atomic E-state index is -1.01. The van der Waals surface area contributed by atoms with E-state index in [1.807, 2.05) is 6.07 Å². The molecule has 2 aliphatic rings. The van der Waals surface area contributed by atoms with Gasteiger partial charge in [-0.15, -0.1) is 10.2 Å². The molecule has 0 spiro atoms. The number of ketones is 1. The molecule has 0 bridgehead atoms. The summed E-state index contributed by atoms with van der Waals surface area (Å²) in [6.45, 7) is 0. The molecule has 0 fully saturated rings. The number of thioether (sulfide) groups is 1. The number of nitrogens with zero attached hydrogens (tertiary/aromatic N) is 4. The van der Waals surface area contributed by atoms with Crippen molar-refractivity contribution in [3.63, 3.8) is 0 Å². The number of hydrogen-bond donors (Lipinski definition) is 2. The minimum Gasteiger partial charge on any atom is -0.384 e. The third-order valence-corrected chi connectivity index (χ3v) is 7.52. The fraction of sp³-hybridized carbons (Fsp3) is 0.250. The summed E-state index contributed by atoms with van der Waals surface area (Å²) < 4.78 is 15.3. The first-order chi connectivity index (χ1) is 15.3. The molecule has 4 rings (SSSR count). The monoisotopic (exact) mass is 490 g/mol. The maximum Gasteiger partial charge on any atom is 0.227 e. The summed E-state index contributed by atoms with van der Waals surface area (Å²) in [4.78, 5) is 25.6. The molecule has 1 aromatic carbocycles. The van der Waals surface area contributed by atoms with Gasteiger partial charge in [0.15, 0.2) is 10.1 Å². The van der Waals surface area contributed by atoms with Crippen LogP contribution in [0.1, 0.15) is 30.7 Å². The maximum absolute atomic E-state index is 14.9. The SMILES string of the molecule is N#CC1=C(N)N(c2nnc(SCC(N)=O)s2)C2=C(C(=O)CCC2)C1c1c(F)cccc1Cl. The van der Waals surface area contributed by atoms with Crippen LogP contribution in [0.25, 0.3) is 0 Å². The highest BCUT2D eigenvalue weighted by Crippen LogP contribution is 2.48. The van der Waals surface area contributed by atoms with Gasteiger partial charge in [-0.1, -0.05) is 40.8 Å². The van der Waals surface area contributed by atoms with Gasteiger partial charge >= 0.3 is 0 Å². The number of rotatable bonds is 5. The highest BCUT2D eigenvalue weighted by atomic mass is 35.5. The number of halogens is 2. The Morgan fingerprint density at radius 2 is 2.19 bits per heavy atom. The first-order valence-electron chi connectivity index (χ1n) is 9.48. The summed E-state index contributed by atoms with van der Waals surface area (Å²) in [5.74, 6) is -2.26. The van der Waals surface area contributed by atoms with E-state index in [1.54, 1.807) is 0 Å². The molecule has 1 unspecified atom stereocenters. The van der Waals surface area contributed by atoms with Crippen LogP contribution >= 0.6 is 34.7 Å². The number of Topliss-reactive ketones (excluding diaryl/α,β-unsaturated/α-hetero) is 1. The van der Waals surface area contributed by atoms with Crippen LogP contribution in [-0.2, 0) is 9.59 Å². The molecule has 1 atom stereocenters. The largest absolute Gasteiger partial charge is 0.384 e. The van der Waals surface area contributed by atoms with Crippen molar-refractivity contribution in [2.45, 2.75) is 29.5 Å². The third kappa shape index (κ3) is 3.85. The predicted molar refractivity (Wildman–Crippen MR) is 119 cm³/mol. The molecule has 0 saturated carbocycles. The van der Waals surface area contributed by atoms with Crippen molar-refractivity contribution in [2.75, 3.05) is 10.7 Å². The first-order valence-corrected chi connectivity index (χ1v) is 11.7. The highest BCUT2D eigenvalue weighted by molar-refractivity contribution is 8.01. The molecule has 2 heterocycles. The van der Waals surface area contributed by atoms with E-state index in [-0.39, 0.29) is 45.5 Å². The van der Waals surface area contributed by atoms with E-state index in [0.29, 0.717) is 28.0 Å². The molecular formula is C20H16ClFN6O2S2. The number of allylic oxidation sites excluding steroid dienone is 3. The Bertz CT molecular complexity index is 1210. The van der Waals surface area contributed by atoms with Gasteiger partial charge in [-0.05, 0) is 25.0 Å². The Morgan fingerprint density at radius 1 is 1.41 bits per heavy atom. The average molecular weight is 491 g/mol. The van der Waals surface area contributed by atoms with E-state index < -0.39 is 17.6 Å². The molecule has 164 valence electrons. The van der Waals surface area contributed by atoms with Crippen molar-refractivity contribution in [3.05, 3.63) is 57.3 Å². The van der Waals surface area contributed by atoms with E-state index >= 15 is 0 Å².